The van der Waals surface area contributed by atoms with Crippen molar-refractivity contribution in [2.75, 3.05) is 33.4 Å². The van der Waals surface area contributed by atoms with Gasteiger partial charge >= 0.3 is 0 Å². The van der Waals surface area contributed by atoms with Crippen LogP contribution < -0.4 is 10.1 Å². The fourth-order valence-corrected chi connectivity index (χ4v) is 5.74. The molecule has 1 aliphatic heterocycles. The van der Waals surface area contributed by atoms with Crippen molar-refractivity contribution in [3.63, 3.8) is 0 Å². The molecule has 2 aromatic rings. The summed E-state index contributed by atoms with van der Waals surface area (Å²) in [6.07, 6.45) is 0. The highest BCUT2D eigenvalue weighted by atomic mass is 32.2. The van der Waals surface area contributed by atoms with E-state index in [9.17, 15) is 13.2 Å². The molecule has 1 saturated heterocycles. The molecule has 0 saturated carbocycles. The third-order valence-electron chi connectivity index (χ3n) is 4.82. The van der Waals surface area contributed by atoms with E-state index in [0.29, 0.717) is 13.2 Å². The lowest BCUT2D eigenvalue weighted by atomic mass is 10.0. The molecule has 1 aliphatic rings. The van der Waals surface area contributed by atoms with Crippen LogP contribution in [-0.4, -0.2) is 52.0 Å². The van der Waals surface area contributed by atoms with Gasteiger partial charge in [-0.3, -0.25) is 4.79 Å². The summed E-state index contributed by atoms with van der Waals surface area (Å²) in [5, 5.41) is 5.00. The zero-order valence-corrected chi connectivity index (χ0v) is 18.4. The largest absolute Gasteiger partial charge is 0.495 e. The summed E-state index contributed by atoms with van der Waals surface area (Å²) in [7, 11) is -2.38. The molecule has 1 fully saturated rings. The number of carbonyl (C=O) groups excluding carboxylic acids is 1. The predicted octanol–water partition coefficient (Wildman–Crippen LogP) is 2.90. The zero-order valence-electron chi connectivity index (χ0n) is 16.8. The van der Waals surface area contributed by atoms with Crippen molar-refractivity contribution >= 4 is 27.3 Å². The second kappa shape index (κ2) is 9.25. The standard InChI is InChI=1S/C20H26N2O5S2/c1-14(2)19(17-5-4-12-28-17)21-20(23)15-6-7-16(26-3)18(13-15)29(24,25)22-8-10-27-11-9-22/h4-7,12-14,19H,8-11H2,1-3H3,(H,21,23). The Balaban J connectivity index is 1.90. The molecule has 7 nitrogen and oxygen atoms in total. The van der Waals surface area contributed by atoms with Crippen LogP contribution in [0.1, 0.15) is 35.1 Å². The Kier molecular flexibility index (Phi) is 6.94. The van der Waals surface area contributed by atoms with Crippen molar-refractivity contribution in [1.82, 2.24) is 9.62 Å². The molecule has 0 radical (unpaired) electrons. The number of nitrogens with one attached hydrogen (secondary N) is 1. The Labute approximate surface area is 175 Å². The Bertz CT molecular complexity index is 936. The van der Waals surface area contributed by atoms with Gasteiger partial charge in [-0.25, -0.2) is 8.42 Å². The number of amides is 1. The topological polar surface area (TPSA) is 84.9 Å². The molecule has 2 heterocycles. The summed E-state index contributed by atoms with van der Waals surface area (Å²) < 4.78 is 38.1. The minimum atomic E-state index is -3.80. The average Bonchev–Trinajstić information content (AvgIpc) is 3.26. The molecule has 1 N–H and O–H groups in total. The number of carbonyl (C=O) groups is 1. The van der Waals surface area contributed by atoms with E-state index in [1.807, 2.05) is 31.4 Å². The van der Waals surface area contributed by atoms with E-state index in [2.05, 4.69) is 5.32 Å². The van der Waals surface area contributed by atoms with Gasteiger partial charge in [0.05, 0.1) is 26.4 Å². The van der Waals surface area contributed by atoms with Gasteiger partial charge in [-0.1, -0.05) is 19.9 Å². The summed E-state index contributed by atoms with van der Waals surface area (Å²) >= 11 is 1.58. The number of thiophene rings is 1. The quantitative estimate of drug-likeness (QED) is 0.719. The first-order valence-corrected chi connectivity index (χ1v) is 11.8. The molecule has 0 spiro atoms. The van der Waals surface area contributed by atoms with E-state index in [-0.39, 0.29) is 47.2 Å². The average molecular weight is 439 g/mol. The van der Waals surface area contributed by atoms with Crippen LogP contribution in [0.15, 0.2) is 40.6 Å². The molecule has 1 unspecified atom stereocenters. The Hall–Kier alpha value is -1.94. The van der Waals surface area contributed by atoms with Crippen LogP contribution in [-0.2, 0) is 14.8 Å². The first kappa shape index (κ1) is 21.8. The molecule has 1 atom stereocenters. The van der Waals surface area contributed by atoms with E-state index in [1.165, 1.54) is 23.5 Å². The van der Waals surface area contributed by atoms with Crippen LogP contribution in [0, 0.1) is 5.92 Å². The first-order valence-electron chi connectivity index (χ1n) is 9.44. The number of benzene rings is 1. The summed E-state index contributed by atoms with van der Waals surface area (Å²) in [6, 6.07) is 8.28. The molecular weight excluding hydrogens is 412 g/mol. The van der Waals surface area contributed by atoms with Crippen LogP contribution in [0.2, 0.25) is 0 Å². The Morgan fingerprint density at radius 3 is 2.55 bits per heavy atom. The number of ether oxygens (including phenoxy) is 2. The molecule has 29 heavy (non-hydrogen) atoms. The van der Waals surface area contributed by atoms with Gasteiger partial charge in [0.15, 0.2) is 0 Å². The van der Waals surface area contributed by atoms with E-state index >= 15 is 0 Å². The van der Waals surface area contributed by atoms with Crippen molar-refractivity contribution in [2.45, 2.75) is 24.8 Å². The van der Waals surface area contributed by atoms with Gasteiger partial charge in [-0.2, -0.15) is 4.31 Å². The summed E-state index contributed by atoms with van der Waals surface area (Å²) in [6.45, 7) is 5.31. The van der Waals surface area contributed by atoms with E-state index in [0.717, 1.165) is 4.88 Å². The Morgan fingerprint density at radius 2 is 1.97 bits per heavy atom. The van der Waals surface area contributed by atoms with Gasteiger partial charge in [-0.15, -0.1) is 11.3 Å². The molecule has 1 amide bonds. The molecule has 1 aromatic carbocycles. The minimum Gasteiger partial charge on any atom is -0.495 e. The van der Waals surface area contributed by atoms with Gasteiger partial charge < -0.3 is 14.8 Å². The van der Waals surface area contributed by atoms with E-state index < -0.39 is 10.0 Å². The van der Waals surface area contributed by atoms with Crippen molar-refractivity contribution in [3.8, 4) is 5.75 Å². The smallest absolute Gasteiger partial charge is 0.251 e. The van der Waals surface area contributed by atoms with Crippen LogP contribution in [0.25, 0.3) is 0 Å². The van der Waals surface area contributed by atoms with E-state index in [4.69, 9.17) is 9.47 Å². The van der Waals surface area contributed by atoms with Crippen LogP contribution in [0.3, 0.4) is 0 Å². The van der Waals surface area contributed by atoms with Crippen LogP contribution in [0.5, 0.6) is 5.75 Å². The molecule has 0 aliphatic carbocycles. The highest BCUT2D eigenvalue weighted by Gasteiger charge is 2.30. The summed E-state index contributed by atoms with van der Waals surface area (Å²) in [4.78, 5) is 14.0. The van der Waals surface area contributed by atoms with Crippen LogP contribution in [0.4, 0.5) is 0 Å². The fourth-order valence-electron chi connectivity index (χ4n) is 3.20. The number of hydrogen-bond donors (Lipinski definition) is 1. The number of methoxy groups -OCH3 is 1. The highest BCUT2D eigenvalue weighted by Crippen LogP contribution is 2.30. The van der Waals surface area contributed by atoms with Gasteiger partial charge in [0.1, 0.15) is 10.6 Å². The third-order valence-corrected chi connectivity index (χ3v) is 7.69. The first-order chi connectivity index (χ1) is 13.8. The van der Waals surface area contributed by atoms with Crippen molar-refractivity contribution in [2.24, 2.45) is 5.92 Å². The molecule has 1 aromatic heterocycles. The van der Waals surface area contributed by atoms with Gasteiger partial charge in [-0.05, 0) is 35.6 Å². The fraction of sp³-hybridized carbons (Fsp3) is 0.450. The zero-order chi connectivity index (χ0) is 21.0. The molecule has 158 valence electrons. The third kappa shape index (κ3) is 4.80. The number of hydrogen-bond acceptors (Lipinski definition) is 6. The number of morpholine rings is 1. The summed E-state index contributed by atoms with van der Waals surface area (Å²) in [5.74, 6) is 0.0808. The predicted molar refractivity (Wildman–Crippen MR) is 112 cm³/mol. The SMILES string of the molecule is COc1ccc(C(=O)NC(c2cccs2)C(C)C)cc1S(=O)(=O)N1CCOCC1. The highest BCUT2D eigenvalue weighted by molar-refractivity contribution is 7.89. The minimum absolute atomic E-state index is 0.00762. The van der Waals surface area contributed by atoms with Crippen molar-refractivity contribution in [1.29, 1.82) is 0 Å². The van der Waals surface area contributed by atoms with Gasteiger partial charge in [0, 0.05) is 23.5 Å². The lowest BCUT2D eigenvalue weighted by molar-refractivity contribution is 0.0729. The maximum atomic E-state index is 13.1. The Morgan fingerprint density at radius 1 is 1.24 bits per heavy atom. The lowest BCUT2D eigenvalue weighted by Gasteiger charge is -2.27. The van der Waals surface area contributed by atoms with Crippen LogP contribution >= 0.6 is 11.3 Å². The molecule has 3 rings (SSSR count). The van der Waals surface area contributed by atoms with Gasteiger partial charge in [0.25, 0.3) is 5.91 Å². The molecule has 9 heteroatoms. The molecule has 0 bridgehead atoms. The number of nitrogens with zero attached hydrogens (tertiary/aromatic N) is 1. The summed E-state index contributed by atoms with van der Waals surface area (Å²) in [5.41, 5.74) is 0.278. The van der Waals surface area contributed by atoms with Crippen molar-refractivity contribution in [3.05, 3.63) is 46.2 Å². The monoisotopic (exact) mass is 438 g/mol. The molecular formula is C20H26N2O5S2. The second-order valence-corrected chi connectivity index (χ2v) is 9.98. The van der Waals surface area contributed by atoms with Crippen molar-refractivity contribution < 1.29 is 22.7 Å². The van der Waals surface area contributed by atoms with E-state index in [1.54, 1.807) is 17.4 Å². The maximum Gasteiger partial charge on any atom is 0.251 e. The van der Waals surface area contributed by atoms with Gasteiger partial charge in [0.2, 0.25) is 10.0 Å². The second-order valence-electron chi connectivity index (χ2n) is 7.09. The number of sulfonamides is 1. The normalized spacial score (nSPS) is 16.6. The maximum absolute atomic E-state index is 13.1. The number of rotatable bonds is 7. The lowest BCUT2D eigenvalue weighted by Crippen LogP contribution is -2.40.